The molecular formula is C25H28Cl2N4O. The number of carbonyl (C=O) groups excluding carboxylic acids is 1. The maximum atomic E-state index is 12.2. The highest BCUT2D eigenvalue weighted by molar-refractivity contribution is 6.30. The quantitative estimate of drug-likeness (QED) is 0.559. The second-order valence-corrected chi connectivity index (χ2v) is 8.15. The van der Waals surface area contributed by atoms with E-state index in [-0.39, 0.29) is 24.4 Å². The van der Waals surface area contributed by atoms with Crippen LogP contribution >= 0.6 is 24.0 Å². The van der Waals surface area contributed by atoms with E-state index in [9.17, 15) is 4.79 Å². The summed E-state index contributed by atoms with van der Waals surface area (Å²) in [6.45, 7) is 5.33. The number of nitrogens with zero attached hydrogens (tertiary/aromatic N) is 3. The van der Waals surface area contributed by atoms with Crippen molar-refractivity contribution in [1.82, 2.24) is 20.1 Å². The average molecular weight is 471 g/mol. The number of hydrogen-bond donors (Lipinski definition) is 1. The molecule has 4 rings (SSSR count). The lowest BCUT2D eigenvalue weighted by molar-refractivity contribution is 0.0916. The van der Waals surface area contributed by atoms with E-state index in [1.807, 2.05) is 24.3 Å². The van der Waals surface area contributed by atoms with Crippen LogP contribution in [-0.4, -0.2) is 60.0 Å². The second-order valence-electron chi connectivity index (χ2n) is 7.71. The minimum absolute atomic E-state index is 0. The zero-order chi connectivity index (χ0) is 21.5. The van der Waals surface area contributed by atoms with Crippen LogP contribution in [0, 0.1) is 0 Å². The number of rotatable bonds is 7. The highest BCUT2D eigenvalue weighted by Gasteiger charge is 2.26. The molecule has 1 aliphatic rings. The first-order chi connectivity index (χ1) is 15.2. The maximum absolute atomic E-state index is 12.2. The molecule has 1 fully saturated rings. The molecule has 0 spiro atoms. The highest BCUT2D eigenvalue weighted by atomic mass is 35.5. The minimum Gasteiger partial charge on any atom is -0.349 e. The molecule has 1 aliphatic heterocycles. The van der Waals surface area contributed by atoms with Crippen LogP contribution in [0.3, 0.4) is 0 Å². The van der Waals surface area contributed by atoms with Crippen molar-refractivity contribution in [2.45, 2.75) is 6.04 Å². The summed E-state index contributed by atoms with van der Waals surface area (Å²) in [6, 6.07) is 24.4. The molecule has 5 nitrogen and oxygen atoms in total. The summed E-state index contributed by atoms with van der Waals surface area (Å²) in [7, 11) is 0. The van der Waals surface area contributed by atoms with Gasteiger partial charge in [-0.3, -0.25) is 19.6 Å². The number of carbonyl (C=O) groups is 1. The first-order valence-corrected chi connectivity index (χ1v) is 11.0. The van der Waals surface area contributed by atoms with E-state index in [0.29, 0.717) is 12.2 Å². The van der Waals surface area contributed by atoms with E-state index in [0.717, 1.165) is 37.7 Å². The van der Waals surface area contributed by atoms with Crippen LogP contribution < -0.4 is 5.32 Å². The molecular weight excluding hydrogens is 443 g/mol. The van der Waals surface area contributed by atoms with Gasteiger partial charge in [0, 0.05) is 50.5 Å². The van der Waals surface area contributed by atoms with Crippen molar-refractivity contribution in [2.24, 2.45) is 0 Å². The minimum atomic E-state index is -0.119. The standard InChI is InChI=1S/C25H27ClN4O.ClH/c26-22-11-9-21(10-12-22)24(20-6-2-1-3-7-20)30-18-16-29(17-19-30)15-14-28-25(31)23-8-4-5-13-27-23;/h1-13,24H,14-19H2,(H,28,31);1H. The molecule has 1 N–H and O–H groups in total. The van der Waals surface area contributed by atoms with E-state index in [2.05, 4.69) is 62.6 Å². The van der Waals surface area contributed by atoms with Gasteiger partial charge < -0.3 is 5.32 Å². The SMILES string of the molecule is Cl.O=C(NCCN1CCN(C(c2ccccc2)c2ccc(Cl)cc2)CC1)c1ccccn1. The number of nitrogens with one attached hydrogen (secondary N) is 1. The lowest BCUT2D eigenvalue weighted by Crippen LogP contribution is -2.49. The number of halogens is 2. The molecule has 1 atom stereocenters. The molecule has 0 radical (unpaired) electrons. The van der Waals surface area contributed by atoms with Crippen molar-refractivity contribution in [3.63, 3.8) is 0 Å². The Balaban J connectivity index is 0.00000289. The Morgan fingerprint density at radius 1 is 0.906 bits per heavy atom. The van der Waals surface area contributed by atoms with Crippen molar-refractivity contribution in [3.05, 3.63) is 101 Å². The normalized spacial score (nSPS) is 15.5. The lowest BCUT2D eigenvalue weighted by atomic mass is 9.96. The zero-order valence-corrected chi connectivity index (χ0v) is 19.4. The topological polar surface area (TPSA) is 48.5 Å². The maximum Gasteiger partial charge on any atom is 0.269 e. The Labute approximate surface area is 200 Å². The van der Waals surface area contributed by atoms with Crippen molar-refractivity contribution < 1.29 is 4.79 Å². The van der Waals surface area contributed by atoms with E-state index in [1.165, 1.54) is 11.1 Å². The van der Waals surface area contributed by atoms with Crippen molar-refractivity contribution in [1.29, 1.82) is 0 Å². The number of piperazine rings is 1. The van der Waals surface area contributed by atoms with Crippen molar-refractivity contribution >= 4 is 29.9 Å². The monoisotopic (exact) mass is 470 g/mol. The van der Waals surface area contributed by atoms with E-state index < -0.39 is 0 Å². The van der Waals surface area contributed by atoms with Gasteiger partial charge in [-0.1, -0.05) is 60.1 Å². The summed E-state index contributed by atoms with van der Waals surface area (Å²) in [6.07, 6.45) is 1.64. The van der Waals surface area contributed by atoms with Crippen LogP contribution in [-0.2, 0) is 0 Å². The van der Waals surface area contributed by atoms with Gasteiger partial charge in [0.25, 0.3) is 5.91 Å². The number of hydrogen-bond acceptors (Lipinski definition) is 4. The van der Waals surface area contributed by atoms with E-state index in [4.69, 9.17) is 11.6 Å². The molecule has 32 heavy (non-hydrogen) atoms. The molecule has 1 unspecified atom stereocenters. The van der Waals surface area contributed by atoms with Gasteiger partial charge in [-0.2, -0.15) is 0 Å². The fourth-order valence-electron chi connectivity index (χ4n) is 4.05. The molecule has 3 aromatic rings. The largest absolute Gasteiger partial charge is 0.349 e. The smallest absolute Gasteiger partial charge is 0.269 e. The fraction of sp³-hybridized carbons (Fsp3) is 0.280. The van der Waals surface area contributed by atoms with Gasteiger partial charge in [0.1, 0.15) is 5.69 Å². The summed E-state index contributed by atoms with van der Waals surface area (Å²) in [4.78, 5) is 21.2. The molecule has 7 heteroatoms. The highest BCUT2D eigenvalue weighted by Crippen LogP contribution is 2.30. The molecule has 1 amide bonds. The molecule has 1 aromatic heterocycles. The summed E-state index contributed by atoms with van der Waals surface area (Å²) >= 11 is 6.12. The van der Waals surface area contributed by atoms with Gasteiger partial charge in [0.15, 0.2) is 0 Å². The molecule has 0 saturated carbocycles. The first-order valence-electron chi connectivity index (χ1n) is 10.7. The van der Waals surface area contributed by atoms with Gasteiger partial charge in [0.05, 0.1) is 6.04 Å². The number of benzene rings is 2. The zero-order valence-electron chi connectivity index (χ0n) is 17.9. The van der Waals surface area contributed by atoms with Crippen LogP contribution in [0.25, 0.3) is 0 Å². The molecule has 2 heterocycles. The molecule has 2 aromatic carbocycles. The third kappa shape index (κ3) is 6.30. The van der Waals surface area contributed by atoms with Crippen molar-refractivity contribution in [2.75, 3.05) is 39.3 Å². The van der Waals surface area contributed by atoms with Gasteiger partial charge in [-0.05, 0) is 35.4 Å². The van der Waals surface area contributed by atoms with Gasteiger partial charge in [-0.25, -0.2) is 0 Å². The first kappa shape index (κ1) is 24.2. The Hall–Kier alpha value is -2.44. The third-order valence-corrected chi connectivity index (χ3v) is 5.94. The van der Waals surface area contributed by atoms with E-state index in [1.54, 1.807) is 12.3 Å². The van der Waals surface area contributed by atoms with Crippen LogP contribution in [0.2, 0.25) is 5.02 Å². The van der Waals surface area contributed by atoms with Crippen LogP contribution in [0.1, 0.15) is 27.7 Å². The van der Waals surface area contributed by atoms with Crippen LogP contribution in [0.5, 0.6) is 0 Å². The Bertz CT molecular complexity index is 962. The van der Waals surface area contributed by atoms with Crippen molar-refractivity contribution in [3.8, 4) is 0 Å². The number of amides is 1. The summed E-state index contributed by atoms with van der Waals surface area (Å²) in [5.74, 6) is -0.119. The third-order valence-electron chi connectivity index (χ3n) is 5.68. The number of aromatic nitrogens is 1. The molecule has 0 bridgehead atoms. The Morgan fingerprint density at radius 3 is 2.22 bits per heavy atom. The summed E-state index contributed by atoms with van der Waals surface area (Å²) in [5.41, 5.74) is 3.01. The predicted octanol–water partition coefficient (Wildman–Crippen LogP) is 4.29. The van der Waals surface area contributed by atoms with E-state index >= 15 is 0 Å². The molecule has 168 valence electrons. The second kappa shape index (κ2) is 12.0. The average Bonchev–Trinajstić information content (AvgIpc) is 2.83. The summed E-state index contributed by atoms with van der Waals surface area (Å²) < 4.78 is 0. The van der Waals surface area contributed by atoms with Gasteiger partial charge in [-0.15, -0.1) is 12.4 Å². The Morgan fingerprint density at radius 2 is 1.56 bits per heavy atom. The van der Waals surface area contributed by atoms with Gasteiger partial charge >= 0.3 is 0 Å². The number of pyridine rings is 1. The molecule has 0 aliphatic carbocycles. The summed E-state index contributed by atoms with van der Waals surface area (Å²) in [5, 5.41) is 3.73. The predicted molar refractivity (Wildman–Crippen MR) is 132 cm³/mol. The Kier molecular flexibility index (Phi) is 9.06. The molecule has 1 saturated heterocycles. The van der Waals surface area contributed by atoms with Crippen LogP contribution in [0.4, 0.5) is 0 Å². The van der Waals surface area contributed by atoms with Gasteiger partial charge in [0.2, 0.25) is 0 Å². The lowest BCUT2D eigenvalue weighted by Gasteiger charge is -2.39. The van der Waals surface area contributed by atoms with Crippen LogP contribution in [0.15, 0.2) is 79.0 Å². The fourth-order valence-corrected chi connectivity index (χ4v) is 4.18.